The van der Waals surface area contributed by atoms with Crippen LogP contribution in [0.2, 0.25) is 0 Å². The topological polar surface area (TPSA) is 116 Å². The molecule has 0 heterocycles. The molecule has 3 N–H and O–H groups in total. The van der Waals surface area contributed by atoms with Crippen LogP contribution in [0.1, 0.15) is 25.7 Å². The van der Waals surface area contributed by atoms with Gasteiger partial charge in [0.25, 0.3) is 0 Å². The summed E-state index contributed by atoms with van der Waals surface area (Å²) in [7, 11) is -3.79. The van der Waals surface area contributed by atoms with E-state index in [1.54, 1.807) is 0 Å². The highest BCUT2D eigenvalue weighted by Crippen LogP contribution is 2.32. The molecule has 0 unspecified atom stereocenters. The van der Waals surface area contributed by atoms with Crippen LogP contribution in [-0.2, 0) is 14.8 Å². The number of urea groups is 1. The lowest BCUT2D eigenvalue weighted by Gasteiger charge is -2.22. The second kappa shape index (κ2) is 8.95. The molecule has 1 fully saturated rings. The number of carbonyl (C=O) groups excluding carboxylic acids is 1. The third-order valence-electron chi connectivity index (χ3n) is 3.82. The molecule has 1 aliphatic rings. The minimum Gasteiger partial charge on any atom is -0.481 e. The predicted molar refractivity (Wildman–Crippen MR) is 91.6 cm³/mol. The molecule has 1 saturated carbocycles. The monoisotopic (exact) mass is 387 g/mol. The van der Waals surface area contributed by atoms with Gasteiger partial charge in [-0.3, -0.25) is 4.79 Å². The molecule has 0 radical (unpaired) electrons. The lowest BCUT2D eigenvalue weighted by molar-refractivity contribution is -0.136. The molecule has 0 aliphatic heterocycles. The van der Waals surface area contributed by atoms with Crippen molar-refractivity contribution < 1.29 is 27.5 Å². The van der Waals surface area contributed by atoms with Crippen molar-refractivity contribution in [3.63, 3.8) is 0 Å². The van der Waals surface area contributed by atoms with E-state index in [4.69, 9.17) is 5.11 Å². The number of halogens is 1. The molecule has 0 atom stereocenters. The van der Waals surface area contributed by atoms with Crippen molar-refractivity contribution in [2.24, 2.45) is 0 Å². The Morgan fingerprint density at radius 2 is 1.92 bits per heavy atom. The molecule has 0 bridgehead atoms. The van der Waals surface area contributed by atoms with E-state index in [0.717, 1.165) is 18.9 Å². The van der Waals surface area contributed by atoms with Crippen LogP contribution in [-0.4, -0.2) is 55.5 Å². The van der Waals surface area contributed by atoms with Crippen LogP contribution < -0.4 is 10.6 Å². The van der Waals surface area contributed by atoms with Gasteiger partial charge in [0.1, 0.15) is 5.82 Å². The van der Waals surface area contributed by atoms with Crippen LogP contribution in [0, 0.1) is 5.82 Å². The largest absolute Gasteiger partial charge is 0.481 e. The number of amides is 2. The van der Waals surface area contributed by atoms with Crippen LogP contribution >= 0.6 is 0 Å². The third-order valence-corrected chi connectivity index (χ3v) is 5.77. The fraction of sp³-hybridized carbons (Fsp3) is 0.500. The number of carboxylic acids is 1. The molecule has 0 saturated heterocycles. The Hall–Kier alpha value is -2.20. The number of hydrogen-bond acceptors (Lipinski definition) is 4. The van der Waals surface area contributed by atoms with Crippen LogP contribution in [0.5, 0.6) is 0 Å². The summed E-state index contributed by atoms with van der Waals surface area (Å²) in [4.78, 5) is 21.8. The first-order valence-electron chi connectivity index (χ1n) is 8.31. The van der Waals surface area contributed by atoms with Gasteiger partial charge in [0.05, 0.1) is 11.3 Å². The van der Waals surface area contributed by atoms with Gasteiger partial charge in [0.15, 0.2) is 0 Å². The van der Waals surface area contributed by atoms with Crippen LogP contribution in [0.25, 0.3) is 0 Å². The zero-order chi connectivity index (χ0) is 19.2. The van der Waals surface area contributed by atoms with Crippen molar-refractivity contribution in [2.45, 2.75) is 36.6 Å². The number of carbonyl (C=O) groups is 2. The van der Waals surface area contributed by atoms with Gasteiger partial charge in [0.2, 0.25) is 10.0 Å². The standard InChI is InChI=1S/C16H22FN3O5S/c17-12-3-1-4-14(11-12)26(24,25)20(13-5-6-13)10-2-8-18-16(23)19-9-7-15(21)22/h1,3-4,11,13H,2,5-10H2,(H,21,22)(H2,18,19,23). The number of carboxylic acid groups (broad SMARTS) is 1. The fourth-order valence-corrected chi connectivity index (χ4v) is 4.16. The summed E-state index contributed by atoms with van der Waals surface area (Å²) in [6, 6.07) is 4.31. The number of nitrogens with zero attached hydrogens (tertiary/aromatic N) is 1. The van der Waals surface area contributed by atoms with E-state index in [1.807, 2.05) is 0 Å². The van der Waals surface area contributed by atoms with Gasteiger partial charge < -0.3 is 15.7 Å². The first kappa shape index (κ1) is 20.1. The Morgan fingerprint density at radius 1 is 1.23 bits per heavy atom. The van der Waals surface area contributed by atoms with Crippen molar-refractivity contribution in [3.8, 4) is 0 Å². The summed E-state index contributed by atoms with van der Waals surface area (Å²) in [6.45, 7) is 0.461. The van der Waals surface area contributed by atoms with E-state index in [-0.39, 0.29) is 37.0 Å². The first-order valence-corrected chi connectivity index (χ1v) is 9.75. The van der Waals surface area contributed by atoms with E-state index >= 15 is 0 Å². The molecule has 10 heteroatoms. The normalized spacial score (nSPS) is 14.2. The maximum atomic E-state index is 13.4. The van der Waals surface area contributed by atoms with Crippen molar-refractivity contribution in [2.75, 3.05) is 19.6 Å². The maximum Gasteiger partial charge on any atom is 0.314 e. The molecule has 0 aromatic heterocycles. The lowest BCUT2D eigenvalue weighted by Crippen LogP contribution is -2.39. The van der Waals surface area contributed by atoms with Crippen LogP contribution in [0.15, 0.2) is 29.2 Å². The number of aliphatic carboxylic acids is 1. The maximum absolute atomic E-state index is 13.4. The van der Waals surface area contributed by atoms with Crippen LogP contribution in [0.4, 0.5) is 9.18 Å². The van der Waals surface area contributed by atoms with Crippen LogP contribution in [0.3, 0.4) is 0 Å². The van der Waals surface area contributed by atoms with Crippen molar-refractivity contribution in [1.82, 2.24) is 14.9 Å². The molecular weight excluding hydrogens is 365 g/mol. The minimum absolute atomic E-state index is 0.0172. The Labute approximate surface area is 151 Å². The lowest BCUT2D eigenvalue weighted by atomic mass is 10.4. The smallest absolute Gasteiger partial charge is 0.314 e. The number of benzene rings is 1. The summed E-state index contributed by atoms with van der Waals surface area (Å²) in [5, 5.41) is 13.4. The fourth-order valence-electron chi connectivity index (χ4n) is 2.41. The van der Waals surface area contributed by atoms with Gasteiger partial charge in [-0.05, 0) is 37.5 Å². The van der Waals surface area contributed by atoms with Crippen molar-refractivity contribution >= 4 is 22.0 Å². The highest BCUT2D eigenvalue weighted by atomic mass is 32.2. The van der Waals surface area contributed by atoms with Gasteiger partial charge in [-0.1, -0.05) is 6.07 Å². The molecule has 0 spiro atoms. The Kier molecular flexibility index (Phi) is 6.92. The summed E-state index contributed by atoms with van der Waals surface area (Å²) in [5.74, 6) is -1.62. The first-order chi connectivity index (χ1) is 12.3. The van der Waals surface area contributed by atoms with Gasteiger partial charge in [-0.25, -0.2) is 17.6 Å². The van der Waals surface area contributed by atoms with E-state index in [0.29, 0.717) is 6.42 Å². The average molecular weight is 387 g/mol. The molecule has 2 rings (SSSR count). The average Bonchev–Trinajstić information content (AvgIpc) is 3.39. The predicted octanol–water partition coefficient (Wildman–Crippen LogP) is 1.14. The SMILES string of the molecule is O=C(O)CCNC(=O)NCCCN(C1CC1)S(=O)(=O)c1cccc(F)c1. The Bertz CT molecular complexity index is 752. The summed E-state index contributed by atoms with van der Waals surface area (Å²) in [6.07, 6.45) is 1.74. The summed E-state index contributed by atoms with van der Waals surface area (Å²) >= 11 is 0. The van der Waals surface area contributed by atoms with E-state index in [1.165, 1.54) is 22.5 Å². The van der Waals surface area contributed by atoms with Gasteiger partial charge in [0, 0.05) is 25.7 Å². The quantitative estimate of drug-likeness (QED) is 0.521. The summed E-state index contributed by atoms with van der Waals surface area (Å²) in [5.41, 5.74) is 0. The molecule has 1 aromatic carbocycles. The zero-order valence-electron chi connectivity index (χ0n) is 14.2. The number of nitrogens with one attached hydrogen (secondary N) is 2. The molecular formula is C16H22FN3O5S. The number of hydrogen-bond donors (Lipinski definition) is 3. The molecule has 144 valence electrons. The van der Waals surface area contributed by atoms with Crippen molar-refractivity contribution in [3.05, 3.63) is 30.1 Å². The second-order valence-corrected chi connectivity index (χ2v) is 7.87. The highest BCUT2D eigenvalue weighted by Gasteiger charge is 2.37. The van der Waals surface area contributed by atoms with Gasteiger partial charge >= 0.3 is 12.0 Å². The molecule has 8 nitrogen and oxygen atoms in total. The minimum atomic E-state index is -3.79. The Morgan fingerprint density at radius 3 is 2.54 bits per heavy atom. The van der Waals surface area contributed by atoms with Gasteiger partial charge in [-0.2, -0.15) is 4.31 Å². The number of sulfonamides is 1. The van der Waals surface area contributed by atoms with Crippen molar-refractivity contribution in [1.29, 1.82) is 0 Å². The van der Waals surface area contributed by atoms with E-state index in [2.05, 4.69) is 10.6 Å². The molecule has 26 heavy (non-hydrogen) atoms. The molecule has 1 aromatic rings. The third kappa shape index (κ3) is 5.95. The Balaban J connectivity index is 1.84. The second-order valence-electron chi connectivity index (χ2n) is 5.98. The molecule has 2 amide bonds. The zero-order valence-corrected chi connectivity index (χ0v) is 15.0. The van der Waals surface area contributed by atoms with Gasteiger partial charge in [-0.15, -0.1) is 0 Å². The number of rotatable bonds is 10. The van der Waals surface area contributed by atoms with E-state index in [9.17, 15) is 22.4 Å². The summed E-state index contributed by atoms with van der Waals surface area (Å²) < 4.78 is 40.1. The highest BCUT2D eigenvalue weighted by molar-refractivity contribution is 7.89. The van der Waals surface area contributed by atoms with E-state index < -0.39 is 27.8 Å². The molecule has 1 aliphatic carbocycles.